The first-order valence-electron chi connectivity index (χ1n) is 8.46. The third-order valence-corrected chi connectivity index (χ3v) is 4.94. The predicted molar refractivity (Wildman–Crippen MR) is 86.4 cm³/mol. The van der Waals surface area contributed by atoms with Crippen molar-refractivity contribution >= 4 is 0 Å². The van der Waals surface area contributed by atoms with E-state index in [9.17, 15) is 4.39 Å². The van der Waals surface area contributed by atoms with E-state index < -0.39 is 0 Å². The first-order chi connectivity index (χ1) is 11.7. The molecule has 1 atom stereocenters. The smallest absolute Gasteiger partial charge is 0.129 e. The van der Waals surface area contributed by atoms with Gasteiger partial charge in [0.15, 0.2) is 0 Å². The Morgan fingerprint density at radius 2 is 2.04 bits per heavy atom. The van der Waals surface area contributed by atoms with Gasteiger partial charge in [-0.2, -0.15) is 0 Å². The number of piperidine rings is 1. The lowest BCUT2D eigenvalue weighted by Gasteiger charge is -2.30. The average Bonchev–Trinajstić information content (AvgIpc) is 2.99. The maximum absolute atomic E-state index is 14.0. The van der Waals surface area contributed by atoms with Gasteiger partial charge in [0.05, 0.1) is 18.8 Å². The minimum atomic E-state index is -0.318. The Hall–Kier alpha value is -1.83. The number of hydrogen-bond donors (Lipinski definition) is 1. The Morgan fingerprint density at radius 3 is 2.83 bits per heavy atom. The SMILES string of the molecule is NC1CCN(Cc2nnn3c2COC(c2ccccc2F)C3)CC1. The maximum atomic E-state index is 14.0. The van der Waals surface area contributed by atoms with E-state index in [4.69, 9.17) is 10.5 Å². The van der Waals surface area contributed by atoms with Crippen molar-refractivity contribution in [3.63, 3.8) is 0 Å². The minimum absolute atomic E-state index is 0.240. The van der Waals surface area contributed by atoms with Gasteiger partial charge >= 0.3 is 0 Å². The lowest BCUT2D eigenvalue weighted by Crippen LogP contribution is -2.39. The fourth-order valence-electron chi connectivity index (χ4n) is 3.43. The highest BCUT2D eigenvalue weighted by atomic mass is 19.1. The number of benzene rings is 1. The molecule has 3 heterocycles. The molecule has 0 amide bonds. The Morgan fingerprint density at radius 1 is 1.25 bits per heavy atom. The van der Waals surface area contributed by atoms with E-state index >= 15 is 0 Å². The van der Waals surface area contributed by atoms with Crippen LogP contribution >= 0.6 is 0 Å². The molecule has 1 unspecified atom stereocenters. The number of halogens is 1. The standard InChI is InChI=1S/C17H22FN5O/c18-14-4-2-1-3-13(14)17-10-23-16(11-24-17)15(20-21-23)9-22-7-5-12(19)6-8-22/h1-4,12,17H,5-11,19H2. The summed E-state index contributed by atoms with van der Waals surface area (Å²) < 4.78 is 21.7. The molecule has 1 aromatic carbocycles. The summed E-state index contributed by atoms with van der Waals surface area (Å²) >= 11 is 0. The van der Waals surface area contributed by atoms with Crippen LogP contribution in [0.2, 0.25) is 0 Å². The fourth-order valence-corrected chi connectivity index (χ4v) is 3.43. The number of aromatic nitrogens is 3. The summed E-state index contributed by atoms with van der Waals surface area (Å²) in [5.41, 5.74) is 8.48. The quantitative estimate of drug-likeness (QED) is 0.925. The number of nitrogens with two attached hydrogens (primary N) is 1. The van der Waals surface area contributed by atoms with Gasteiger partial charge in [0.1, 0.15) is 17.6 Å². The van der Waals surface area contributed by atoms with Crippen LogP contribution in [0, 0.1) is 5.82 Å². The van der Waals surface area contributed by atoms with Crippen LogP contribution in [0.3, 0.4) is 0 Å². The lowest BCUT2D eigenvalue weighted by atomic mass is 10.1. The Bertz CT molecular complexity index is 711. The van der Waals surface area contributed by atoms with Gasteiger partial charge in [-0.1, -0.05) is 23.4 Å². The van der Waals surface area contributed by atoms with Crippen molar-refractivity contribution in [3.05, 3.63) is 47.0 Å². The van der Waals surface area contributed by atoms with Gasteiger partial charge < -0.3 is 10.5 Å². The van der Waals surface area contributed by atoms with Gasteiger partial charge in [0.2, 0.25) is 0 Å². The third kappa shape index (κ3) is 3.07. The highest BCUT2D eigenvalue weighted by Gasteiger charge is 2.27. The molecule has 6 nitrogen and oxygen atoms in total. The highest BCUT2D eigenvalue weighted by molar-refractivity contribution is 5.21. The van der Waals surface area contributed by atoms with E-state index in [1.54, 1.807) is 12.1 Å². The third-order valence-electron chi connectivity index (χ3n) is 4.94. The summed E-state index contributed by atoms with van der Waals surface area (Å²) in [6.07, 6.45) is 1.73. The van der Waals surface area contributed by atoms with Gasteiger partial charge in [0, 0.05) is 31.2 Å². The van der Waals surface area contributed by atoms with Crippen molar-refractivity contribution < 1.29 is 9.13 Å². The van der Waals surface area contributed by atoms with Crippen molar-refractivity contribution in [2.75, 3.05) is 13.1 Å². The van der Waals surface area contributed by atoms with E-state index in [0.29, 0.717) is 24.8 Å². The first-order valence-corrected chi connectivity index (χ1v) is 8.46. The van der Waals surface area contributed by atoms with Crippen molar-refractivity contribution in [1.29, 1.82) is 0 Å². The number of hydrogen-bond acceptors (Lipinski definition) is 5. The summed E-state index contributed by atoms with van der Waals surface area (Å²) in [4.78, 5) is 2.36. The topological polar surface area (TPSA) is 69.2 Å². The van der Waals surface area contributed by atoms with Gasteiger partial charge in [-0.25, -0.2) is 9.07 Å². The molecule has 1 saturated heterocycles. The van der Waals surface area contributed by atoms with E-state index in [0.717, 1.165) is 43.9 Å². The second-order valence-corrected chi connectivity index (χ2v) is 6.60. The van der Waals surface area contributed by atoms with Crippen LogP contribution in [0.4, 0.5) is 4.39 Å². The summed E-state index contributed by atoms with van der Waals surface area (Å²) in [5.74, 6) is -0.240. The molecule has 0 aliphatic carbocycles. The molecule has 0 spiro atoms. The van der Waals surface area contributed by atoms with Gasteiger partial charge in [0.25, 0.3) is 0 Å². The van der Waals surface area contributed by atoms with Crippen LogP contribution < -0.4 is 5.73 Å². The highest BCUT2D eigenvalue weighted by Crippen LogP contribution is 2.29. The van der Waals surface area contributed by atoms with Crippen molar-refractivity contribution in [2.45, 2.75) is 44.7 Å². The second-order valence-electron chi connectivity index (χ2n) is 6.60. The molecule has 2 N–H and O–H groups in total. The molecule has 1 aromatic heterocycles. The van der Waals surface area contributed by atoms with Crippen molar-refractivity contribution in [3.8, 4) is 0 Å². The molecule has 7 heteroatoms. The van der Waals surface area contributed by atoms with E-state index in [1.165, 1.54) is 6.07 Å². The van der Waals surface area contributed by atoms with Crippen LogP contribution in [-0.4, -0.2) is 39.0 Å². The zero-order valence-corrected chi connectivity index (χ0v) is 13.6. The van der Waals surface area contributed by atoms with E-state index in [2.05, 4.69) is 15.2 Å². The van der Waals surface area contributed by atoms with Crippen LogP contribution in [-0.2, 0) is 24.4 Å². The summed E-state index contributed by atoms with van der Waals surface area (Å²) in [6, 6.07) is 7.05. The molecule has 24 heavy (non-hydrogen) atoms. The molecule has 4 rings (SSSR count). The number of likely N-dealkylation sites (tertiary alicyclic amines) is 1. The second kappa shape index (κ2) is 6.58. The van der Waals surface area contributed by atoms with Crippen LogP contribution in [0.1, 0.15) is 35.9 Å². The lowest BCUT2D eigenvalue weighted by molar-refractivity contribution is -0.00413. The molecule has 0 radical (unpaired) electrons. The largest absolute Gasteiger partial charge is 0.365 e. The zero-order chi connectivity index (χ0) is 16.5. The minimum Gasteiger partial charge on any atom is -0.365 e. The number of rotatable bonds is 3. The Kier molecular flexibility index (Phi) is 4.30. The normalized spacial score (nSPS) is 22.5. The number of nitrogens with zero attached hydrogens (tertiary/aromatic N) is 4. The molecule has 2 aromatic rings. The number of ether oxygens (including phenoxy) is 1. The zero-order valence-electron chi connectivity index (χ0n) is 13.6. The monoisotopic (exact) mass is 331 g/mol. The average molecular weight is 331 g/mol. The molecule has 0 bridgehead atoms. The Labute approximate surface area is 140 Å². The van der Waals surface area contributed by atoms with Crippen LogP contribution in [0.25, 0.3) is 0 Å². The van der Waals surface area contributed by atoms with Gasteiger partial charge in [-0.3, -0.25) is 4.90 Å². The van der Waals surface area contributed by atoms with Crippen LogP contribution in [0.15, 0.2) is 24.3 Å². The summed E-state index contributed by atoms with van der Waals surface area (Å²) in [6.45, 7) is 3.66. The van der Waals surface area contributed by atoms with Gasteiger partial charge in [-0.05, 0) is 18.9 Å². The molecular formula is C17H22FN5O. The first kappa shape index (κ1) is 15.7. The Balaban J connectivity index is 1.47. The maximum Gasteiger partial charge on any atom is 0.129 e. The van der Waals surface area contributed by atoms with Crippen molar-refractivity contribution in [1.82, 2.24) is 19.9 Å². The van der Waals surface area contributed by atoms with E-state index in [-0.39, 0.29) is 11.9 Å². The predicted octanol–water partition coefficient (Wildman–Crippen LogP) is 1.61. The van der Waals surface area contributed by atoms with Crippen molar-refractivity contribution in [2.24, 2.45) is 5.73 Å². The number of fused-ring (bicyclic) bond motifs is 1. The van der Waals surface area contributed by atoms with Gasteiger partial charge in [-0.15, -0.1) is 5.10 Å². The summed E-state index contributed by atoms with van der Waals surface area (Å²) in [7, 11) is 0. The van der Waals surface area contributed by atoms with E-state index in [1.807, 2.05) is 10.7 Å². The molecular weight excluding hydrogens is 309 g/mol. The fraction of sp³-hybridized carbons (Fsp3) is 0.529. The van der Waals surface area contributed by atoms with Crippen LogP contribution in [0.5, 0.6) is 0 Å². The molecule has 128 valence electrons. The molecule has 1 fully saturated rings. The molecule has 0 saturated carbocycles. The summed E-state index contributed by atoms with van der Waals surface area (Å²) in [5, 5.41) is 8.58. The molecule has 2 aliphatic rings. The molecule has 2 aliphatic heterocycles.